The third-order valence-electron chi connectivity index (χ3n) is 3.57. The topological polar surface area (TPSA) is 20.2 Å². The number of aliphatic hydroxyl groups is 1. The van der Waals surface area contributed by atoms with Crippen molar-refractivity contribution in [3.8, 4) is 0 Å². The second kappa shape index (κ2) is 4.45. The summed E-state index contributed by atoms with van der Waals surface area (Å²) in [7, 11) is 0. The maximum absolute atomic E-state index is 10.1. The molecule has 0 aliphatic heterocycles. The first-order valence-corrected chi connectivity index (χ1v) is 5.70. The Kier molecular flexibility index (Phi) is 3.78. The van der Waals surface area contributed by atoms with Crippen LogP contribution in [0.1, 0.15) is 47.0 Å². The van der Waals surface area contributed by atoms with Gasteiger partial charge in [-0.2, -0.15) is 0 Å². The van der Waals surface area contributed by atoms with E-state index in [0.29, 0.717) is 23.7 Å². The van der Waals surface area contributed by atoms with Crippen LogP contribution in [0.3, 0.4) is 0 Å². The zero-order chi connectivity index (χ0) is 10.0. The smallest absolute Gasteiger partial charge is 0.0596 e. The molecule has 0 aromatic rings. The Morgan fingerprint density at radius 1 is 1.15 bits per heavy atom. The molecular formula is C12H24O. The van der Waals surface area contributed by atoms with Crippen molar-refractivity contribution in [1.82, 2.24) is 0 Å². The zero-order valence-electron chi connectivity index (χ0n) is 9.46. The summed E-state index contributed by atoms with van der Waals surface area (Å²) in [5.74, 6) is 2.49. The van der Waals surface area contributed by atoms with Gasteiger partial charge in [0, 0.05) is 0 Å². The summed E-state index contributed by atoms with van der Waals surface area (Å²) >= 11 is 0. The molecule has 13 heavy (non-hydrogen) atoms. The Labute approximate surface area is 82.5 Å². The minimum atomic E-state index is -0.0499. The Balaban J connectivity index is 2.55. The molecule has 1 rings (SSSR count). The molecule has 0 amide bonds. The fraction of sp³-hybridized carbons (Fsp3) is 1.00. The van der Waals surface area contributed by atoms with Gasteiger partial charge in [0.2, 0.25) is 0 Å². The maximum Gasteiger partial charge on any atom is 0.0596 e. The van der Waals surface area contributed by atoms with Crippen LogP contribution in [0.25, 0.3) is 0 Å². The minimum Gasteiger partial charge on any atom is -0.393 e. The number of rotatable bonds is 2. The van der Waals surface area contributed by atoms with Crippen LogP contribution in [0.5, 0.6) is 0 Å². The molecule has 0 saturated heterocycles. The predicted molar refractivity (Wildman–Crippen MR) is 56.5 cm³/mol. The van der Waals surface area contributed by atoms with Crippen molar-refractivity contribution in [2.45, 2.75) is 53.1 Å². The molecule has 4 atom stereocenters. The van der Waals surface area contributed by atoms with Gasteiger partial charge < -0.3 is 5.11 Å². The quantitative estimate of drug-likeness (QED) is 0.699. The molecule has 1 aliphatic rings. The standard InChI is InChI=1S/C12H24O/c1-8(2)7-11-9(3)5-6-10(4)12(11)13/h8-13H,5-7H2,1-4H3. The molecule has 0 heterocycles. The van der Waals surface area contributed by atoms with Gasteiger partial charge in [-0.15, -0.1) is 0 Å². The highest BCUT2D eigenvalue weighted by molar-refractivity contribution is 4.84. The van der Waals surface area contributed by atoms with Crippen LogP contribution in [-0.4, -0.2) is 11.2 Å². The summed E-state index contributed by atoms with van der Waals surface area (Å²) in [6, 6.07) is 0. The lowest BCUT2D eigenvalue weighted by atomic mass is 9.70. The van der Waals surface area contributed by atoms with Crippen LogP contribution >= 0.6 is 0 Å². The molecule has 0 aromatic heterocycles. The number of hydrogen-bond acceptors (Lipinski definition) is 1. The molecule has 0 radical (unpaired) electrons. The predicted octanol–water partition coefficient (Wildman–Crippen LogP) is 3.08. The van der Waals surface area contributed by atoms with Gasteiger partial charge in [0.15, 0.2) is 0 Å². The van der Waals surface area contributed by atoms with Gasteiger partial charge in [0.1, 0.15) is 0 Å². The van der Waals surface area contributed by atoms with Gasteiger partial charge in [-0.25, -0.2) is 0 Å². The van der Waals surface area contributed by atoms with Gasteiger partial charge >= 0.3 is 0 Å². The highest BCUT2D eigenvalue weighted by Gasteiger charge is 2.33. The zero-order valence-corrected chi connectivity index (χ0v) is 9.46. The average molecular weight is 184 g/mol. The lowest BCUT2D eigenvalue weighted by molar-refractivity contribution is -0.0120. The van der Waals surface area contributed by atoms with Gasteiger partial charge in [-0.05, 0) is 36.5 Å². The van der Waals surface area contributed by atoms with Crippen LogP contribution in [0.2, 0.25) is 0 Å². The van der Waals surface area contributed by atoms with Crippen molar-refractivity contribution in [2.24, 2.45) is 23.7 Å². The summed E-state index contributed by atoms with van der Waals surface area (Å²) in [5.41, 5.74) is 0. The normalized spacial score (nSPS) is 41.1. The molecule has 1 aliphatic carbocycles. The lowest BCUT2D eigenvalue weighted by Crippen LogP contribution is -2.37. The summed E-state index contributed by atoms with van der Waals surface area (Å²) in [5, 5.41) is 10.1. The summed E-state index contributed by atoms with van der Waals surface area (Å²) < 4.78 is 0. The fourth-order valence-corrected chi connectivity index (χ4v) is 2.59. The van der Waals surface area contributed by atoms with E-state index in [2.05, 4.69) is 27.7 Å². The van der Waals surface area contributed by atoms with Crippen molar-refractivity contribution in [3.63, 3.8) is 0 Å². The summed E-state index contributed by atoms with van der Waals surface area (Å²) in [6.45, 7) is 8.98. The molecule has 0 spiro atoms. The second-order valence-corrected chi connectivity index (χ2v) is 5.32. The van der Waals surface area contributed by atoms with E-state index in [1.54, 1.807) is 0 Å². The Morgan fingerprint density at radius 3 is 2.23 bits per heavy atom. The molecule has 1 fully saturated rings. The van der Waals surface area contributed by atoms with Crippen LogP contribution in [0.15, 0.2) is 0 Å². The van der Waals surface area contributed by atoms with E-state index in [1.807, 2.05) is 0 Å². The maximum atomic E-state index is 10.1. The first-order valence-electron chi connectivity index (χ1n) is 5.70. The Bertz CT molecular complexity index is 153. The van der Waals surface area contributed by atoms with E-state index in [-0.39, 0.29) is 6.10 Å². The van der Waals surface area contributed by atoms with Gasteiger partial charge in [-0.3, -0.25) is 0 Å². The third-order valence-corrected chi connectivity index (χ3v) is 3.57. The van der Waals surface area contributed by atoms with Crippen LogP contribution in [-0.2, 0) is 0 Å². The Hall–Kier alpha value is -0.0400. The first-order chi connectivity index (χ1) is 6.02. The molecule has 1 N–H and O–H groups in total. The van der Waals surface area contributed by atoms with Crippen LogP contribution < -0.4 is 0 Å². The molecule has 1 nitrogen and oxygen atoms in total. The van der Waals surface area contributed by atoms with Crippen molar-refractivity contribution in [1.29, 1.82) is 0 Å². The highest BCUT2D eigenvalue weighted by atomic mass is 16.3. The molecule has 1 heteroatoms. The van der Waals surface area contributed by atoms with Crippen molar-refractivity contribution in [2.75, 3.05) is 0 Å². The molecular weight excluding hydrogens is 160 g/mol. The van der Waals surface area contributed by atoms with Crippen LogP contribution in [0.4, 0.5) is 0 Å². The minimum absolute atomic E-state index is 0.0499. The highest BCUT2D eigenvalue weighted by Crippen LogP contribution is 2.37. The lowest BCUT2D eigenvalue weighted by Gasteiger charge is -2.38. The largest absolute Gasteiger partial charge is 0.393 e. The van der Waals surface area contributed by atoms with Crippen molar-refractivity contribution < 1.29 is 5.11 Å². The van der Waals surface area contributed by atoms with E-state index >= 15 is 0 Å². The molecule has 1 saturated carbocycles. The van der Waals surface area contributed by atoms with E-state index in [9.17, 15) is 5.11 Å². The number of aliphatic hydroxyl groups excluding tert-OH is 1. The van der Waals surface area contributed by atoms with E-state index in [0.717, 1.165) is 0 Å². The average Bonchev–Trinajstić information content (AvgIpc) is 2.05. The van der Waals surface area contributed by atoms with Gasteiger partial charge in [0.25, 0.3) is 0 Å². The molecule has 0 bridgehead atoms. The first kappa shape index (κ1) is 11.0. The Morgan fingerprint density at radius 2 is 1.69 bits per heavy atom. The summed E-state index contributed by atoms with van der Waals surface area (Å²) in [6.07, 6.45) is 3.64. The van der Waals surface area contributed by atoms with Gasteiger partial charge in [-0.1, -0.05) is 34.1 Å². The van der Waals surface area contributed by atoms with Crippen molar-refractivity contribution in [3.05, 3.63) is 0 Å². The van der Waals surface area contributed by atoms with E-state index in [1.165, 1.54) is 19.3 Å². The second-order valence-electron chi connectivity index (χ2n) is 5.32. The summed E-state index contributed by atoms with van der Waals surface area (Å²) in [4.78, 5) is 0. The van der Waals surface area contributed by atoms with E-state index < -0.39 is 0 Å². The van der Waals surface area contributed by atoms with Crippen LogP contribution in [0, 0.1) is 23.7 Å². The monoisotopic (exact) mass is 184 g/mol. The SMILES string of the molecule is CC(C)CC1C(C)CCC(C)C1O. The van der Waals surface area contributed by atoms with E-state index in [4.69, 9.17) is 0 Å². The molecule has 78 valence electrons. The fourth-order valence-electron chi connectivity index (χ4n) is 2.59. The molecule has 0 aromatic carbocycles. The molecule has 4 unspecified atom stereocenters. The van der Waals surface area contributed by atoms with Gasteiger partial charge in [0.05, 0.1) is 6.10 Å². The number of hydrogen-bond donors (Lipinski definition) is 1. The van der Waals surface area contributed by atoms with Crippen molar-refractivity contribution >= 4 is 0 Å². The third kappa shape index (κ3) is 2.70.